The van der Waals surface area contributed by atoms with Crippen LogP contribution in [0.1, 0.15) is 12.8 Å². The molecule has 116 valence electrons. The zero-order valence-corrected chi connectivity index (χ0v) is 13.1. The number of amides is 2. The summed E-state index contributed by atoms with van der Waals surface area (Å²) in [5, 5.41) is 9.57. The lowest BCUT2D eigenvalue weighted by Crippen LogP contribution is -2.35. The highest BCUT2D eigenvalue weighted by Gasteiger charge is 2.12. The Morgan fingerprint density at radius 2 is 2.05 bits per heavy atom. The average Bonchev–Trinajstić information content (AvgIpc) is 2.49. The molecule has 0 saturated carbocycles. The third-order valence-electron chi connectivity index (χ3n) is 3.20. The van der Waals surface area contributed by atoms with Gasteiger partial charge in [-0.3, -0.25) is 0 Å². The highest BCUT2D eigenvalue weighted by molar-refractivity contribution is 6.42. The molecule has 2 amide bonds. The number of nitrogens with one attached hydrogen (secondary N) is 3. The number of ether oxygens (including phenoxy) is 1. The second-order valence-corrected chi connectivity index (χ2v) is 5.64. The molecule has 1 aromatic carbocycles. The van der Waals surface area contributed by atoms with Gasteiger partial charge in [-0.25, -0.2) is 4.79 Å². The summed E-state index contributed by atoms with van der Waals surface area (Å²) in [7, 11) is 0. The molecule has 0 aromatic heterocycles. The van der Waals surface area contributed by atoms with E-state index in [9.17, 15) is 4.79 Å². The molecule has 5 nitrogen and oxygen atoms in total. The number of hydrogen-bond donors (Lipinski definition) is 3. The number of hydrogen-bond acceptors (Lipinski definition) is 3. The Morgan fingerprint density at radius 3 is 2.76 bits per heavy atom. The minimum atomic E-state index is -0.290. The molecule has 2 rings (SSSR count). The van der Waals surface area contributed by atoms with Gasteiger partial charge in [-0.05, 0) is 44.1 Å². The lowest BCUT2D eigenvalue weighted by Gasteiger charge is -2.22. The number of carbonyl (C=O) groups is 1. The molecule has 1 aromatic rings. The Balaban J connectivity index is 1.63. The number of piperidine rings is 1. The van der Waals surface area contributed by atoms with Crippen molar-refractivity contribution >= 4 is 34.9 Å². The van der Waals surface area contributed by atoms with Crippen LogP contribution in [0.2, 0.25) is 10.0 Å². The fraction of sp³-hybridized carbons (Fsp3) is 0.500. The second kappa shape index (κ2) is 8.44. The quantitative estimate of drug-likeness (QED) is 0.727. The van der Waals surface area contributed by atoms with Crippen LogP contribution in [-0.2, 0) is 4.74 Å². The van der Waals surface area contributed by atoms with Crippen LogP contribution < -0.4 is 16.0 Å². The van der Waals surface area contributed by atoms with E-state index >= 15 is 0 Å². The number of carbonyl (C=O) groups excluding carboxylic acids is 1. The fourth-order valence-electron chi connectivity index (χ4n) is 2.10. The molecule has 0 bridgehead atoms. The SMILES string of the molecule is O=C(NCCOC1CCNCC1)Nc1ccc(Cl)c(Cl)c1. The van der Waals surface area contributed by atoms with Crippen molar-refractivity contribution in [2.24, 2.45) is 0 Å². The van der Waals surface area contributed by atoms with Gasteiger partial charge in [0.25, 0.3) is 0 Å². The first-order valence-electron chi connectivity index (χ1n) is 6.97. The highest BCUT2D eigenvalue weighted by atomic mass is 35.5. The monoisotopic (exact) mass is 331 g/mol. The Hall–Kier alpha value is -1.01. The van der Waals surface area contributed by atoms with Crippen molar-refractivity contribution in [1.82, 2.24) is 10.6 Å². The fourth-order valence-corrected chi connectivity index (χ4v) is 2.40. The minimum Gasteiger partial charge on any atom is -0.376 e. The van der Waals surface area contributed by atoms with Crippen LogP contribution in [0.25, 0.3) is 0 Å². The van der Waals surface area contributed by atoms with Crippen LogP contribution in [0, 0.1) is 0 Å². The summed E-state index contributed by atoms with van der Waals surface area (Å²) in [4.78, 5) is 11.7. The topological polar surface area (TPSA) is 62.4 Å². The summed E-state index contributed by atoms with van der Waals surface area (Å²) >= 11 is 11.7. The Bertz CT molecular complexity index is 479. The van der Waals surface area contributed by atoms with Gasteiger partial charge in [-0.1, -0.05) is 23.2 Å². The smallest absolute Gasteiger partial charge is 0.319 e. The molecule has 0 spiro atoms. The maximum atomic E-state index is 11.7. The molecular formula is C14H19Cl2N3O2. The van der Waals surface area contributed by atoms with E-state index < -0.39 is 0 Å². The zero-order valence-electron chi connectivity index (χ0n) is 11.6. The van der Waals surface area contributed by atoms with Crippen molar-refractivity contribution in [3.05, 3.63) is 28.2 Å². The van der Waals surface area contributed by atoms with Gasteiger partial charge >= 0.3 is 6.03 Å². The van der Waals surface area contributed by atoms with Gasteiger partial charge in [0, 0.05) is 12.2 Å². The van der Waals surface area contributed by atoms with E-state index in [4.69, 9.17) is 27.9 Å². The van der Waals surface area contributed by atoms with E-state index in [0.29, 0.717) is 35.0 Å². The summed E-state index contributed by atoms with van der Waals surface area (Å²) in [5.41, 5.74) is 0.598. The van der Waals surface area contributed by atoms with Crippen molar-refractivity contribution in [2.45, 2.75) is 18.9 Å². The van der Waals surface area contributed by atoms with Gasteiger partial charge in [-0.2, -0.15) is 0 Å². The minimum absolute atomic E-state index is 0.290. The summed E-state index contributed by atoms with van der Waals surface area (Å²) in [5.74, 6) is 0. The molecule has 0 radical (unpaired) electrons. The summed E-state index contributed by atoms with van der Waals surface area (Å²) in [6, 6.07) is 4.65. The van der Waals surface area contributed by atoms with Crippen LogP contribution in [-0.4, -0.2) is 38.4 Å². The van der Waals surface area contributed by atoms with E-state index in [1.54, 1.807) is 18.2 Å². The molecule has 0 aliphatic carbocycles. The van der Waals surface area contributed by atoms with Crippen molar-refractivity contribution in [2.75, 3.05) is 31.6 Å². The van der Waals surface area contributed by atoms with Gasteiger partial charge in [0.1, 0.15) is 0 Å². The molecule has 1 heterocycles. The molecule has 21 heavy (non-hydrogen) atoms. The maximum Gasteiger partial charge on any atom is 0.319 e. The van der Waals surface area contributed by atoms with E-state index in [1.165, 1.54) is 0 Å². The molecule has 1 saturated heterocycles. The van der Waals surface area contributed by atoms with Gasteiger partial charge in [0.15, 0.2) is 0 Å². The summed E-state index contributed by atoms with van der Waals surface area (Å²) in [6.07, 6.45) is 2.34. The van der Waals surface area contributed by atoms with E-state index in [0.717, 1.165) is 25.9 Å². The lowest BCUT2D eigenvalue weighted by atomic mass is 10.1. The van der Waals surface area contributed by atoms with Crippen LogP contribution in [0.5, 0.6) is 0 Å². The largest absolute Gasteiger partial charge is 0.376 e. The maximum absolute atomic E-state index is 11.7. The first-order chi connectivity index (χ1) is 10.1. The number of halogens is 2. The average molecular weight is 332 g/mol. The third-order valence-corrected chi connectivity index (χ3v) is 3.94. The molecule has 0 atom stereocenters. The highest BCUT2D eigenvalue weighted by Crippen LogP contribution is 2.24. The molecule has 3 N–H and O–H groups in total. The van der Waals surface area contributed by atoms with E-state index in [-0.39, 0.29) is 6.03 Å². The number of benzene rings is 1. The summed E-state index contributed by atoms with van der Waals surface area (Å²) in [6.45, 7) is 2.97. The Labute approximate surface area is 134 Å². The second-order valence-electron chi connectivity index (χ2n) is 4.83. The van der Waals surface area contributed by atoms with Crippen molar-refractivity contribution < 1.29 is 9.53 Å². The first-order valence-corrected chi connectivity index (χ1v) is 7.73. The Morgan fingerprint density at radius 1 is 1.29 bits per heavy atom. The van der Waals surface area contributed by atoms with Gasteiger partial charge in [0.2, 0.25) is 0 Å². The van der Waals surface area contributed by atoms with E-state index in [2.05, 4.69) is 16.0 Å². The van der Waals surface area contributed by atoms with Crippen molar-refractivity contribution in [3.8, 4) is 0 Å². The van der Waals surface area contributed by atoms with E-state index in [1.807, 2.05) is 0 Å². The standard InChI is InChI=1S/C14H19Cl2N3O2/c15-12-2-1-10(9-13(12)16)19-14(20)18-7-8-21-11-3-5-17-6-4-11/h1-2,9,11,17H,3-8H2,(H2,18,19,20). The van der Waals surface area contributed by atoms with Gasteiger partial charge in [0.05, 0.1) is 22.8 Å². The van der Waals surface area contributed by atoms with Crippen LogP contribution in [0.3, 0.4) is 0 Å². The van der Waals surface area contributed by atoms with Gasteiger partial charge in [-0.15, -0.1) is 0 Å². The normalized spacial score (nSPS) is 15.7. The van der Waals surface area contributed by atoms with Crippen LogP contribution >= 0.6 is 23.2 Å². The number of urea groups is 1. The van der Waals surface area contributed by atoms with Crippen molar-refractivity contribution in [3.63, 3.8) is 0 Å². The predicted octanol–water partition coefficient (Wildman–Crippen LogP) is 2.88. The number of anilines is 1. The van der Waals surface area contributed by atoms with Crippen molar-refractivity contribution in [1.29, 1.82) is 0 Å². The molecule has 1 aliphatic rings. The van der Waals surface area contributed by atoms with Crippen LogP contribution in [0.4, 0.5) is 10.5 Å². The lowest BCUT2D eigenvalue weighted by molar-refractivity contribution is 0.0358. The third kappa shape index (κ3) is 5.71. The molecule has 1 aliphatic heterocycles. The number of rotatable bonds is 5. The zero-order chi connectivity index (χ0) is 15.1. The Kier molecular flexibility index (Phi) is 6.57. The summed E-state index contributed by atoms with van der Waals surface area (Å²) < 4.78 is 5.70. The molecule has 7 heteroatoms. The van der Waals surface area contributed by atoms with Gasteiger partial charge < -0.3 is 20.7 Å². The predicted molar refractivity (Wildman–Crippen MR) is 85.3 cm³/mol. The molecular weight excluding hydrogens is 313 g/mol. The molecule has 0 unspecified atom stereocenters. The first kappa shape index (κ1) is 16.4. The molecule has 1 fully saturated rings. The van der Waals surface area contributed by atoms with Crippen LogP contribution in [0.15, 0.2) is 18.2 Å².